The third kappa shape index (κ3) is 4.35. The van der Waals surface area contributed by atoms with Gasteiger partial charge < -0.3 is 5.32 Å². The maximum atomic E-state index is 4.15. The second-order valence-corrected chi connectivity index (χ2v) is 4.56. The van der Waals surface area contributed by atoms with Gasteiger partial charge in [0.1, 0.15) is 0 Å². The van der Waals surface area contributed by atoms with E-state index in [0.29, 0.717) is 0 Å². The molecule has 0 radical (unpaired) electrons. The molecular formula is C13H26N2. The Labute approximate surface area is 94.7 Å². The minimum absolute atomic E-state index is 0.803. The monoisotopic (exact) mass is 210 g/mol. The standard InChI is InChI=1S/C13H26N2/c1-4-13-8-6-7-9-15(13)11-12(3)10-14-5-2/h13-14H,3-11H2,1-2H3. The van der Waals surface area contributed by atoms with E-state index in [-0.39, 0.29) is 0 Å². The molecule has 1 fully saturated rings. The summed E-state index contributed by atoms with van der Waals surface area (Å²) in [4.78, 5) is 2.61. The number of hydrogen-bond acceptors (Lipinski definition) is 2. The van der Waals surface area contributed by atoms with Crippen molar-refractivity contribution in [2.24, 2.45) is 0 Å². The lowest BCUT2D eigenvalue weighted by Crippen LogP contribution is -2.41. The molecule has 1 rings (SSSR count). The first kappa shape index (κ1) is 12.7. The largest absolute Gasteiger partial charge is 0.313 e. The lowest BCUT2D eigenvalue weighted by atomic mass is 9.99. The van der Waals surface area contributed by atoms with Gasteiger partial charge in [0.25, 0.3) is 0 Å². The second-order valence-electron chi connectivity index (χ2n) is 4.56. The van der Waals surface area contributed by atoms with Crippen LogP contribution in [-0.2, 0) is 0 Å². The van der Waals surface area contributed by atoms with Gasteiger partial charge in [-0.05, 0) is 37.9 Å². The molecule has 1 unspecified atom stereocenters. The van der Waals surface area contributed by atoms with Crippen LogP contribution in [0, 0.1) is 0 Å². The van der Waals surface area contributed by atoms with E-state index in [1.165, 1.54) is 37.8 Å². The van der Waals surface area contributed by atoms with Crippen molar-refractivity contribution in [1.29, 1.82) is 0 Å². The molecule has 1 saturated heterocycles. The van der Waals surface area contributed by atoms with Gasteiger partial charge in [-0.2, -0.15) is 0 Å². The van der Waals surface area contributed by atoms with Crippen LogP contribution in [0.4, 0.5) is 0 Å². The Morgan fingerprint density at radius 1 is 1.40 bits per heavy atom. The zero-order chi connectivity index (χ0) is 11.1. The molecular weight excluding hydrogens is 184 g/mol. The van der Waals surface area contributed by atoms with Gasteiger partial charge >= 0.3 is 0 Å². The molecule has 0 aromatic heterocycles. The maximum Gasteiger partial charge on any atom is 0.0205 e. The van der Waals surface area contributed by atoms with Gasteiger partial charge in [-0.1, -0.05) is 26.8 Å². The minimum Gasteiger partial charge on any atom is -0.313 e. The van der Waals surface area contributed by atoms with Crippen molar-refractivity contribution in [3.05, 3.63) is 12.2 Å². The number of likely N-dealkylation sites (N-methyl/N-ethyl adjacent to an activating group) is 1. The van der Waals surface area contributed by atoms with Crippen molar-refractivity contribution in [1.82, 2.24) is 10.2 Å². The van der Waals surface area contributed by atoms with Crippen molar-refractivity contribution in [2.75, 3.05) is 26.2 Å². The van der Waals surface area contributed by atoms with Crippen molar-refractivity contribution >= 4 is 0 Å². The van der Waals surface area contributed by atoms with E-state index in [2.05, 4.69) is 30.6 Å². The zero-order valence-corrected chi connectivity index (χ0v) is 10.4. The lowest BCUT2D eigenvalue weighted by Gasteiger charge is -2.35. The Morgan fingerprint density at radius 2 is 2.20 bits per heavy atom. The lowest BCUT2D eigenvalue weighted by molar-refractivity contribution is 0.156. The van der Waals surface area contributed by atoms with Crippen molar-refractivity contribution in [2.45, 2.75) is 45.6 Å². The van der Waals surface area contributed by atoms with Crippen LogP contribution in [0.2, 0.25) is 0 Å². The minimum atomic E-state index is 0.803. The van der Waals surface area contributed by atoms with E-state index in [4.69, 9.17) is 0 Å². The normalized spacial score (nSPS) is 22.9. The molecule has 0 amide bonds. The average Bonchev–Trinajstić information content (AvgIpc) is 2.27. The van der Waals surface area contributed by atoms with Crippen molar-refractivity contribution in [3.63, 3.8) is 0 Å². The third-order valence-electron chi connectivity index (χ3n) is 3.27. The number of nitrogens with zero attached hydrogens (tertiary/aromatic N) is 1. The van der Waals surface area contributed by atoms with Gasteiger partial charge in [0.2, 0.25) is 0 Å². The van der Waals surface area contributed by atoms with Crippen LogP contribution in [0.5, 0.6) is 0 Å². The highest BCUT2D eigenvalue weighted by Gasteiger charge is 2.20. The van der Waals surface area contributed by atoms with E-state index < -0.39 is 0 Å². The molecule has 0 aromatic carbocycles. The van der Waals surface area contributed by atoms with E-state index in [9.17, 15) is 0 Å². The maximum absolute atomic E-state index is 4.15. The van der Waals surface area contributed by atoms with Gasteiger partial charge in [-0.25, -0.2) is 0 Å². The molecule has 0 saturated carbocycles. The van der Waals surface area contributed by atoms with E-state index in [0.717, 1.165) is 25.7 Å². The van der Waals surface area contributed by atoms with E-state index in [1.54, 1.807) is 0 Å². The smallest absolute Gasteiger partial charge is 0.0205 e. The molecule has 0 bridgehead atoms. The summed E-state index contributed by atoms with van der Waals surface area (Å²) in [5, 5.41) is 3.34. The van der Waals surface area contributed by atoms with Gasteiger partial charge in [0.15, 0.2) is 0 Å². The molecule has 1 aliphatic heterocycles. The first-order valence-corrected chi connectivity index (χ1v) is 6.39. The summed E-state index contributed by atoms with van der Waals surface area (Å²) in [6, 6.07) is 0.803. The zero-order valence-electron chi connectivity index (χ0n) is 10.4. The number of piperidine rings is 1. The Hall–Kier alpha value is -0.340. The Bertz CT molecular complexity index is 189. The van der Waals surface area contributed by atoms with Gasteiger partial charge in [0.05, 0.1) is 0 Å². The van der Waals surface area contributed by atoms with E-state index >= 15 is 0 Å². The first-order chi connectivity index (χ1) is 7.27. The molecule has 2 heteroatoms. The van der Waals surface area contributed by atoms with Crippen LogP contribution < -0.4 is 5.32 Å². The second kappa shape index (κ2) is 7.02. The molecule has 1 N–H and O–H groups in total. The van der Waals surface area contributed by atoms with Crippen LogP contribution in [0.3, 0.4) is 0 Å². The summed E-state index contributed by atoms with van der Waals surface area (Å²) in [5.41, 5.74) is 1.33. The summed E-state index contributed by atoms with van der Waals surface area (Å²) >= 11 is 0. The Balaban J connectivity index is 2.30. The number of nitrogens with one attached hydrogen (secondary N) is 1. The highest BCUT2D eigenvalue weighted by Crippen LogP contribution is 2.19. The fraction of sp³-hybridized carbons (Fsp3) is 0.846. The Kier molecular flexibility index (Phi) is 5.96. The average molecular weight is 210 g/mol. The topological polar surface area (TPSA) is 15.3 Å². The van der Waals surface area contributed by atoms with Gasteiger partial charge in [-0.3, -0.25) is 4.90 Å². The Morgan fingerprint density at radius 3 is 2.87 bits per heavy atom. The summed E-state index contributed by atoms with van der Waals surface area (Å²) in [6.45, 7) is 13.0. The summed E-state index contributed by atoms with van der Waals surface area (Å²) in [7, 11) is 0. The van der Waals surface area contributed by atoms with Crippen molar-refractivity contribution in [3.8, 4) is 0 Å². The molecule has 1 atom stereocenters. The van der Waals surface area contributed by atoms with Crippen LogP contribution in [0.15, 0.2) is 12.2 Å². The van der Waals surface area contributed by atoms with Crippen molar-refractivity contribution < 1.29 is 0 Å². The third-order valence-corrected chi connectivity index (χ3v) is 3.27. The summed E-state index contributed by atoms with van der Waals surface area (Å²) in [5.74, 6) is 0. The van der Waals surface area contributed by atoms with Crippen LogP contribution in [0.1, 0.15) is 39.5 Å². The molecule has 1 heterocycles. The number of rotatable bonds is 6. The molecule has 0 aromatic rings. The van der Waals surface area contributed by atoms with Crippen LogP contribution >= 0.6 is 0 Å². The van der Waals surface area contributed by atoms with Crippen LogP contribution in [-0.4, -0.2) is 37.1 Å². The fourth-order valence-electron chi connectivity index (χ4n) is 2.38. The van der Waals surface area contributed by atoms with Gasteiger partial charge in [-0.15, -0.1) is 0 Å². The van der Waals surface area contributed by atoms with E-state index in [1.807, 2.05) is 0 Å². The molecule has 15 heavy (non-hydrogen) atoms. The SMILES string of the molecule is C=C(CNCC)CN1CCCCC1CC. The molecule has 0 aliphatic carbocycles. The predicted molar refractivity (Wildman–Crippen MR) is 67.2 cm³/mol. The van der Waals surface area contributed by atoms with Gasteiger partial charge in [0, 0.05) is 19.1 Å². The fourth-order valence-corrected chi connectivity index (χ4v) is 2.38. The number of likely N-dealkylation sites (tertiary alicyclic amines) is 1. The number of hydrogen-bond donors (Lipinski definition) is 1. The molecule has 0 spiro atoms. The summed E-state index contributed by atoms with van der Waals surface area (Å²) < 4.78 is 0. The summed E-state index contributed by atoms with van der Waals surface area (Å²) in [6.07, 6.45) is 5.44. The first-order valence-electron chi connectivity index (χ1n) is 6.39. The predicted octanol–water partition coefficient (Wildman–Crippen LogP) is 2.42. The molecule has 88 valence electrons. The van der Waals surface area contributed by atoms with Crippen LogP contribution in [0.25, 0.3) is 0 Å². The highest BCUT2D eigenvalue weighted by atomic mass is 15.2. The highest BCUT2D eigenvalue weighted by molar-refractivity contribution is 5.01. The molecule has 1 aliphatic rings. The quantitative estimate of drug-likeness (QED) is 0.677. The molecule has 2 nitrogen and oxygen atoms in total.